The van der Waals surface area contributed by atoms with Gasteiger partial charge in [-0.2, -0.15) is 0 Å². The second-order valence-electron chi connectivity index (χ2n) is 6.48. The topological polar surface area (TPSA) is 70.8 Å². The number of hydrogen-bond acceptors (Lipinski definition) is 4. The third-order valence-corrected chi connectivity index (χ3v) is 4.63. The smallest absolute Gasteiger partial charge is 0.258 e. The lowest BCUT2D eigenvalue weighted by Gasteiger charge is -2.22. The van der Waals surface area contributed by atoms with E-state index in [1.807, 2.05) is 36.4 Å². The Morgan fingerprint density at radius 2 is 1.57 bits per heavy atom. The highest BCUT2D eigenvalue weighted by atomic mass is 16.3. The molecule has 140 valence electrons. The summed E-state index contributed by atoms with van der Waals surface area (Å²) >= 11 is 0. The van der Waals surface area contributed by atoms with E-state index in [9.17, 15) is 14.4 Å². The Morgan fingerprint density at radius 1 is 0.893 bits per heavy atom. The number of anilines is 2. The third kappa shape index (κ3) is 3.44. The third-order valence-electron chi connectivity index (χ3n) is 4.63. The van der Waals surface area contributed by atoms with E-state index < -0.39 is 0 Å². The van der Waals surface area contributed by atoms with Gasteiger partial charge in [0.1, 0.15) is 5.76 Å². The second kappa shape index (κ2) is 7.52. The average Bonchev–Trinajstić information content (AvgIpc) is 3.36. The summed E-state index contributed by atoms with van der Waals surface area (Å²) in [5.41, 5.74) is 1.69. The largest absolute Gasteiger partial charge is 0.467 e. The van der Waals surface area contributed by atoms with Gasteiger partial charge in [-0.25, -0.2) is 0 Å². The maximum absolute atomic E-state index is 13.2. The van der Waals surface area contributed by atoms with Crippen molar-refractivity contribution in [2.75, 3.05) is 9.80 Å². The molecule has 3 aromatic rings. The highest BCUT2D eigenvalue weighted by molar-refractivity contribution is 6.20. The summed E-state index contributed by atoms with van der Waals surface area (Å²) in [6.07, 6.45) is 2.02. The van der Waals surface area contributed by atoms with Crippen LogP contribution in [0.1, 0.15) is 29.0 Å². The highest BCUT2D eigenvalue weighted by Gasteiger charge is 2.30. The van der Waals surface area contributed by atoms with Crippen molar-refractivity contribution in [2.45, 2.75) is 19.4 Å². The number of carbonyl (C=O) groups is 3. The number of carbonyl (C=O) groups excluding carboxylic acids is 3. The first kappa shape index (κ1) is 17.7. The minimum Gasteiger partial charge on any atom is -0.467 e. The number of imide groups is 1. The van der Waals surface area contributed by atoms with E-state index in [1.165, 1.54) is 4.90 Å². The van der Waals surface area contributed by atoms with Crippen LogP contribution in [0.2, 0.25) is 0 Å². The van der Waals surface area contributed by atoms with Crippen LogP contribution in [0.25, 0.3) is 0 Å². The van der Waals surface area contributed by atoms with Gasteiger partial charge in [0.15, 0.2) is 0 Å². The average molecular weight is 374 g/mol. The number of furan rings is 1. The van der Waals surface area contributed by atoms with Crippen LogP contribution in [0.3, 0.4) is 0 Å². The monoisotopic (exact) mass is 374 g/mol. The normalized spacial score (nSPS) is 13.8. The lowest BCUT2D eigenvalue weighted by molar-refractivity contribution is -0.121. The number of benzene rings is 2. The van der Waals surface area contributed by atoms with E-state index in [1.54, 1.807) is 41.5 Å². The Hall–Kier alpha value is -3.67. The van der Waals surface area contributed by atoms with Crippen molar-refractivity contribution >= 4 is 29.1 Å². The van der Waals surface area contributed by atoms with Gasteiger partial charge in [0.05, 0.1) is 18.5 Å². The predicted molar refractivity (Wildman–Crippen MR) is 104 cm³/mol. The molecule has 0 atom stereocenters. The highest BCUT2D eigenvalue weighted by Crippen LogP contribution is 2.25. The molecular formula is C22H18N2O4. The molecule has 2 aromatic carbocycles. The van der Waals surface area contributed by atoms with Gasteiger partial charge in [0.2, 0.25) is 11.8 Å². The molecule has 0 aliphatic carbocycles. The van der Waals surface area contributed by atoms with Crippen LogP contribution in [0.15, 0.2) is 77.4 Å². The molecule has 0 bridgehead atoms. The Bertz CT molecular complexity index is 979. The van der Waals surface area contributed by atoms with E-state index in [2.05, 4.69) is 0 Å². The zero-order valence-electron chi connectivity index (χ0n) is 15.1. The molecule has 1 aliphatic rings. The first-order valence-electron chi connectivity index (χ1n) is 8.98. The summed E-state index contributed by atoms with van der Waals surface area (Å²) in [5, 5.41) is 0. The van der Waals surface area contributed by atoms with Crippen LogP contribution >= 0.6 is 0 Å². The fraction of sp³-hybridized carbons (Fsp3) is 0.136. The lowest BCUT2D eigenvalue weighted by Crippen LogP contribution is -2.31. The van der Waals surface area contributed by atoms with Gasteiger partial charge in [-0.1, -0.05) is 18.2 Å². The summed E-state index contributed by atoms with van der Waals surface area (Å²) in [6.45, 7) is 0.292. The molecule has 1 aliphatic heterocycles. The van der Waals surface area contributed by atoms with Crippen LogP contribution in [-0.2, 0) is 16.1 Å². The van der Waals surface area contributed by atoms with Gasteiger partial charge in [-0.15, -0.1) is 0 Å². The van der Waals surface area contributed by atoms with Crippen LogP contribution in [0.5, 0.6) is 0 Å². The summed E-state index contributed by atoms with van der Waals surface area (Å²) < 4.78 is 5.41. The summed E-state index contributed by atoms with van der Waals surface area (Å²) in [5.74, 6) is 0.0379. The van der Waals surface area contributed by atoms with Crippen molar-refractivity contribution in [2.24, 2.45) is 0 Å². The SMILES string of the molecule is O=C(c1ccc(N2C(=O)CCC2=O)cc1)N(Cc1ccco1)c1ccccc1. The molecule has 0 N–H and O–H groups in total. The molecule has 4 rings (SSSR count). The first-order valence-corrected chi connectivity index (χ1v) is 8.98. The number of nitrogens with zero attached hydrogens (tertiary/aromatic N) is 2. The standard InChI is InChI=1S/C22H18N2O4/c25-20-12-13-21(26)24(20)18-10-8-16(9-11-18)22(27)23(15-19-7-4-14-28-19)17-5-2-1-3-6-17/h1-11,14H,12-13,15H2. The number of rotatable bonds is 5. The quantitative estimate of drug-likeness (QED) is 0.637. The molecule has 3 amide bonds. The number of hydrogen-bond donors (Lipinski definition) is 0. The van der Waals surface area contributed by atoms with Gasteiger partial charge in [-0.3, -0.25) is 19.3 Å². The number of amides is 3. The molecule has 0 saturated carbocycles. The first-order chi connectivity index (χ1) is 13.6. The Balaban J connectivity index is 1.61. The molecule has 0 unspecified atom stereocenters. The Kier molecular flexibility index (Phi) is 4.76. The molecule has 6 heteroatoms. The van der Waals surface area contributed by atoms with Gasteiger partial charge in [0.25, 0.3) is 5.91 Å². The van der Waals surface area contributed by atoms with Crippen molar-refractivity contribution in [1.29, 1.82) is 0 Å². The van der Waals surface area contributed by atoms with E-state index in [4.69, 9.17) is 4.42 Å². The van der Waals surface area contributed by atoms with Crippen LogP contribution in [0.4, 0.5) is 11.4 Å². The van der Waals surface area contributed by atoms with E-state index >= 15 is 0 Å². The van der Waals surface area contributed by atoms with Crippen molar-refractivity contribution < 1.29 is 18.8 Å². The zero-order chi connectivity index (χ0) is 19.5. The molecule has 6 nitrogen and oxygen atoms in total. The lowest BCUT2D eigenvalue weighted by atomic mass is 10.1. The summed E-state index contributed by atoms with van der Waals surface area (Å²) in [7, 11) is 0. The van der Waals surface area contributed by atoms with Crippen molar-refractivity contribution in [3.8, 4) is 0 Å². The van der Waals surface area contributed by atoms with Crippen molar-refractivity contribution in [3.05, 3.63) is 84.3 Å². The molecule has 0 spiro atoms. The zero-order valence-corrected chi connectivity index (χ0v) is 15.1. The summed E-state index contributed by atoms with van der Waals surface area (Å²) in [6, 6.07) is 19.5. The van der Waals surface area contributed by atoms with Gasteiger partial charge in [-0.05, 0) is 48.5 Å². The molecule has 1 fully saturated rings. The molecule has 1 aromatic heterocycles. The second-order valence-corrected chi connectivity index (χ2v) is 6.48. The fourth-order valence-corrected chi connectivity index (χ4v) is 3.22. The maximum Gasteiger partial charge on any atom is 0.258 e. The minimum absolute atomic E-state index is 0.201. The number of para-hydroxylation sites is 1. The fourth-order valence-electron chi connectivity index (χ4n) is 3.22. The van der Waals surface area contributed by atoms with Gasteiger partial charge < -0.3 is 9.32 Å². The minimum atomic E-state index is -0.215. The maximum atomic E-state index is 13.2. The van der Waals surface area contributed by atoms with E-state index in [0.717, 1.165) is 5.69 Å². The van der Waals surface area contributed by atoms with Crippen LogP contribution in [-0.4, -0.2) is 17.7 Å². The van der Waals surface area contributed by atoms with E-state index in [0.29, 0.717) is 23.6 Å². The molecule has 2 heterocycles. The van der Waals surface area contributed by atoms with Crippen LogP contribution < -0.4 is 9.80 Å². The van der Waals surface area contributed by atoms with Gasteiger partial charge >= 0.3 is 0 Å². The Morgan fingerprint density at radius 3 is 2.18 bits per heavy atom. The Labute approximate surface area is 162 Å². The van der Waals surface area contributed by atoms with Crippen molar-refractivity contribution in [3.63, 3.8) is 0 Å². The van der Waals surface area contributed by atoms with Crippen LogP contribution in [0, 0.1) is 0 Å². The van der Waals surface area contributed by atoms with Gasteiger partial charge in [0, 0.05) is 24.1 Å². The van der Waals surface area contributed by atoms with E-state index in [-0.39, 0.29) is 30.6 Å². The predicted octanol–water partition coefficient (Wildman–Crippen LogP) is 3.78. The van der Waals surface area contributed by atoms with Crippen molar-refractivity contribution in [1.82, 2.24) is 0 Å². The molecule has 28 heavy (non-hydrogen) atoms. The molecule has 0 radical (unpaired) electrons. The molecular weight excluding hydrogens is 356 g/mol. The summed E-state index contributed by atoms with van der Waals surface area (Å²) in [4.78, 5) is 39.8. The molecule has 1 saturated heterocycles.